The van der Waals surface area contributed by atoms with E-state index in [4.69, 9.17) is 11.6 Å². The largest absolute Gasteiger partial charge is 0.371 e. The molecule has 1 saturated heterocycles. The fourth-order valence-electron chi connectivity index (χ4n) is 2.58. The van der Waals surface area contributed by atoms with Crippen LogP contribution >= 0.6 is 11.6 Å². The van der Waals surface area contributed by atoms with E-state index in [2.05, 4.69) is 10.2 Å². The van der Waals surface area contributed by atoms with Gasteiger partial charge in [-0.2, -0.15) is 0 Å². The van der Waals surface area contributed by atoms with Crippen LogP contribution in [0.15, 0.2) is 18.2 Å². The van der Waals surface area contributed by atoms with Crippen molar-refractivity contribution in [2.24, 2.45) is 5.92 Å². The van der Waals surface area contributed by atoms with Crippen molar-refractivity contribution in [3.8, 4) is 0 Å². The fourth-order valence-corrected chi connectivity index (χ4v) is 2.79. The van der Waals surface area contributed by atoms with Gasteiger partial charge < -0.3 is 10.2 Å². The van der Waals surface area contributed by atoms with E-state index >= 15 is 0 Å². The number of rotatable bonds is 4. The molecule has 1 aliphatic carbocycles. The number of nitrogens with zero attached hydrogens (tertiary/aromatic N) is 1. The number of hydrogen-bond donors (Lipinski definition) is 1. The Balaban J connectivity index is 1.59. The standard InChI is InChI=1S/C14H18ClFN2/c15-11-5-12(16)7-14(6-11)18-4-3-10(9-18)8-17-13-1-2-13/h5-7,10,13,17H,1-4,8-9H2. The predicted molar refractivity (Wildman–Crippen MR) is 72.8 cm³/mol. The van der Waals surface area contributed by atoms with Crippen molar-refractivity contribution in [3.63, 3.8) is 0 Å². The smallest absolute Gasteiger partial charge is 0.126 e. The molecule has 1 aliphatic heterocycles. The highest BCUT2D eigenvalue weighted by molar-refractivity contribution is 6.30. The molecule has 2 fully saturated rings. The predicted octanol–water partition coefficient (Wildman–Crippen LogP) is 3.06. The van der Waals surface area contributed by atoms with Gasteiger partial charge in [-0.05, 0) is 49.9 Å². The third-order valence-corrected chi connectivity index (χ3v) is 3.99. The summed E-state index contributed by atoms with van der Waals surface area (Å²) in [4.78, 5) is 2.23. The average Bonchev–Trinajstić information content (AvgIpc) is 3.02. The SMILES string of the molecule is Fc1cc(Cl)cc(N2CCC(CNC3CC3)C2)c1. The Hall–Kier alpha value is -0.800. The first-order valence-electron chi connectivity index (χ1n) is 6.65. The lowest BCUT2D eigenvalue weighted by Crippen LogP contribution is -2.27. The Kier molecular flexibility index (Phi) is 3.44. The van der Waals surface area contributed by atoms with E-state index in [9.17, 15) is 4.39 Å². The number of halogens is 2. The maximum absolute atomic E-state index is 13.3. The van der Waals surface area contributed by atoms with Crippen molar-refractivity contribution < 1.29 is 4.39 Å². The van der Waals surface area contributed by atoms with Gasteiger partial charge in [-0.15, -0.1) is 0 Å². The van der Waals surface area contributed by atoms with Crippen molar-refractivity contribution in [3.05, 3.63) is 29.0 Å². The molecular weight excluding hydrogens is 251 g/mol. The van der Waals surface area contributed by atoms with Gasteiger partial charge in [-0.1, -0.05) is 11.6 Å². The number of nitrogens with one attached hydrogen (secondary N) is 1. The molecule has 1 N–H and O–H groups in total. The van der Waals surface area contributed by atoms with Crippen molar-refractivity contribution in [2.45, 2.75) is 25.3 Å². The van der Waals surface area contributed by atoms with Crippen molar-refractivity contribution in [1.82, 2.24) is 5.32 Å². The first-order valence-corrected chi connectivity index (χ1v) is 7.03. The van der Waals surface area contributed by atoms with Gasteiger partial charge in [0.25, 0.3) is 0 Å². The van der Waals surface area contributed by atoms with E-state index in [-0.39, 0.29) is 5.82 Å². The lowest BCUT2D eigenvalue weighted by Gasteiger charge is -2.19. The molecule has 0 radical (unpaired) electrons. The van der Waals surface area contributed by atoms with Gasteiger partial charge >= 0.3 is 0 Å². The van der Waals surface area contributed by atoms with E-state index in [0.717, 1.165) is 31.4 Å². The molecule has 4 heteroatoms. The highest BCUT2D eigenvalue weighted by atomic mass is 35.5. The summed E-state index contributed by atoms with van der Waals surface area (Å²) in [6, 6.07) is 5.54. The fraction of sp³-hybridized carbons (Fsp3) is 0.571. The highest BCUT2D eigenvalue weighted by Crippen LogP contribution is 2.27. The third-order valence-electron chi connectivity index (χ3n) is 3.77. The number of benzene rings is 1. The third kappa shape index (κ3) is 2.96. The first kappa shape index (κ1) is 12.2. The normalized spacial score (nSPS) is 23.7. The summed E-state index contributed by atoms with van der Waals surface area (Å²) in [6.45, 7) is 3.08. The van der Waals surface area contributed by atoms with Crippen LogP contribution in [0.25, 0.3) is 0 Å². The van der Waals surface area contributed by atoms with Crippen molar-refractivity contribution >= 4 is 17.3 Å². The second-order valence-electron chi connectivity index (χ2n) is 5.41. The minimum absolute atomic E-state index is 0.253. The molecule has 0 amide bonds. The van der Waals surface area contributed by atoms with Crippen molar-refractivity contribution in [1.29, 1.82) is 0 Å². The zero-order valence-electron chi connectivity index (χ0n) is 10.3. The molecule has 2 aliphatic rings. The summed E-state index contributed by atoms with van der Waals surface area (Å²) in [5.41, 5.74) is 0.911. The van der Waals surface area contributed by atoms with Crippen LogP contribution in [0.2, 0.25) is 5.02 Å². The average molecular weight is 269 g/mol. The zero-order chi connectivity index (χ0) is 12.5. The van der Waals surface area contributed by atoms with E-state index in [1.54, 1.807) is 6.07 Å². The lowest BCUT2D eigenvalue weighted by atomic mass is 10.1. The summed E-state index contributed by atoms with van der Waals surface area (Å²) < 4.78 is 13.3. The van der Waals surface area contributed by atoms with Crippen LogP contribution in [0.4, 0.5) is 10.1 Å². The van der Waals surface area contributed by atoms with Crippen LogP contribution in [0, 0.1) is 11.7 Å². The Morgan fingerprint density at radius 3 is 2.83 bits per heavy atom. The van der Waals surface area contributed by atoms with Crippen LogP contribution in [0.3, 0.4) is 0 Å². The molecule has 0 bridgehead atoms. The molecule has 1 aromatic rings. The molecule has 18 heavy (non-hydrogen) atoms. The van der Waals surface area contributed by atoms with Gasteiger partial charge in [0.05, 0.1) is 0 Å². The summed E-state index contributed by atoms with van der Waals surface area (Å²) in [6.07, 6.45) is 3.83. The van der Waals surface area contributed by atoms with Gasteiger partial charge in [0.1, 0.15) is 5.82 Å². The Bertz CT molecular complexity index is 414. The highest BCUT2D eigenvalue weighted by Gasteiger charge is 2.26. The molecule has 1 heterocycles. The molecule has 98 valence electrons. The number of hydrogen-bond acceptors (Lipinski definition) is 2. The molecule has 1 aromatic carbocycles. The molecule has 3 rings (SSSR count). The van der Waals surface area contributed by atoms with Crippen LogP contribution < -0.4 is 10.2 Å². The molecule has 1 atom stereocenters. The quantitative estimate of drug-likeness (QED) is 0.903. The first-order chi connectivity index (χ1) is 8.70. The number of anilines is 1. The van der Waals surface area contributed by atoms with Crippen LogP contribution in [0.1, 0.15) is 19.3 Å². The van der Waals surface area contributed by atoms with Crippen LogP contribution in [-0.2, 0) is 0 Å². The van der Waals surface area contributed by atoms with E-state index in [1.165, 1.54) is 25.3 Å². The Morgan fingerprint density at radius 1 is 1.28 bits per heavy atom. The van der Waals surface area contributed by atoms with E-state index < -0.39 is 0 Å². The monoisotopic (exact) mass is 268 g/mol. The maximum Gasteiger partial charge on any atom is 0.126 e. The van der Waals surface area contributed by atoms with Crippen molar-refractivity contribution in [2.75, 3.05) is 24.5 Å². The second kappa shape index (κ2) is 5.06. The topological polar surface area (TPSA) is 15.3 Å². The summed E-state index contributed by atoms with van der Waals surface area (Å²) >= 11 is 5.90. The minimum Gasteiger partial charge on any atom is -0.371 e. The van der Waals surface area contributed by atoms with E-state index in [0.29, 0.717) is 10.9 Å². The Morgan fingerprint density at radius 2 is 2.11 bits per heavy atom. The minimum atomic E-state index is -0.253. The summed E-state index contributed by atoms with van der Waals surface area (Å²) in [5, 5.41) is 4.04. The molecule has 1 saturated carbocycles. The zero-order valence-corrected chi connectivity index (χ0v) is 11.1. The maximum atomic E-state index is 13.3. The van der Waals surface area contributed by atoms with Crippen LogP contribution in [0.5, 0.6) is 0 Å². The molecule has 2 nitrogen and oxygen atoms in total. The van der Waals surface area contributed by atoms with Crippen LogP contribution in [-0.4, -0.2) is 25.7 Å². The summed E-state index contributed by atoms with van der Waals surface area (Å²) in [7, 11) is 0. The van der Waals surface area contributed by atoms with Gasteiger partial charge in [-0.3, -0.25) is 0 Å². The molecule has 0 aromatic heterocycles. The van der Waals surface area contributed by atoms with Gasteiger partial charge in [0.2, 0.25) is 0 Å². The second-order valence-corrected chi connectivity index (χ2v) is 5.85. The van der Waals surface area contributed by atoms with Gasteiger partial charge in [0.15, 0.2) is 0 Å². The lowest BCUT2D eigenvalue weighted by molar-refractivity contribution is 0.515. The molecule has 1 unspecified atom stereocenters. The van der Waals surface area contributed by atoms with Gasteiger partial charge in [0, 0.05) is 29.8 Å². The summed E-state index contributed by atoms with van der Waals surface area (Å²) in [5.74, 6) is 0.421. The van der Waals surface area contributed by atoms with Gasteiger partial charge in [-0.25, -0.2) is 4.39 Å². The Labute approximate surface area is 112 Å². The molecular formula is C14H18ClFN2. The van der Waals surface area contributed by atoms with E-state index in [1.807, 2.05) is 6.07 Å². The molecule has 0 spiro atoms.